The smallest absolute Gasteiger partial charge is 0.342 e. The molecule has 3 N–H and O–H groups in total. The zero-order valence-electron chi connectivity index (χ0n) is 11.3. The van der Waals surface area contributed by atoms with E-state index < -0.39 is 18.2 Å². The fourth-order valence-electron chi connectivity index (χ4n) is 1.61. The number of para-hydroxylation sites is 1. The van der Waals surface area contributed by atoms with E-state index in [-0.39, 0.29) is 36.1 Å². The normalized spacial score (nSPS) is 13.0. The lowest BCUT2D eigenvalue weighted by atomic mass is 10.0. The topological polar surface area (TPSA) is 81.8 Å². The van der Waals surface area contributed by atoms with Crippen molar-refractivity contribution in [3.05, 3.63) is 23.8 Å². The van der Waals surface area contributed by atoms with Crippen LogP contribution in [0.3, 0.4) is 0 Å². The first kappa shape index (κ1) is 18.5. The number of aromatic hydroxyl groups is 1. The molecule has 0 amide bonds. The molecule has 0 radical (unpaired) electrons. The first-order valence-corrected chi connectivity index (χ1v) is 6.03. The Hall–Kier alpha value is -1.53. The van der Waals surface area contributed by atoms with Crippen LogP contribution in [0.2, 0.25) is 0 Å². The summed E-state index contributed by atoms with van der Waals surface area (Å²) in [4.78, 5) is 11.3. The lowest BCUT2D eigenvalue weighted by molar-refractivity contribution is -0.149. The maximum atomic E-state index is 13.8. The van der Waals surface area contributed by atoms with E-state index in [1.54, 1.807) is 19.9 Å². The van der Waals surface area contributed by atoms with E-state index in [4.69, 9.17) is 10.5 Å². The van der Waals surface area contributed by atoms with Crippen molar-refractivity contribution in [1.29, 1.82) is 0 Å². The molecule has 0 bridgehead atoms. The Labute approximate surface area is 123 Å². The van der Waals surface area contributed by atoms with Crippen LogP contribution in [-0.4, -0.2) is 30.5 Å². The highest BCUT2D eigenvalue weighted by Gasteiger charge is 2.30. The molecule has 1 aromatic rings. The molecule has 5 nitrogen and oxygen atoms in total. The number of hydrogen-bond donors (Lipinski definition) is 2. The van der Waals surface area contributed by atoms with Crippen LogP contribution in [0.5, 0.6) is 11.5 Å². The van der Waals surface area contributed by atoms with E-state index in [1.165, 1.54) is 12.1 Å². The molecular formula is C13H19ClFNO4. The summed E-state index contributed by atoms with van der Waals surface area (Å²) in [5, 5.41) is 9.93. The SMILES string of the molecule is CCOC(=O)C(F)[C@H](N)c1cccc(OCC)c1O.Cl. The van der Waals surface area contributed by atoms with Gasteiger partial charge in [0.1, 0.15) is 0 Å². The van der Waals surface area contributed by atoms with E-state index in [1.807, 2.05) is 0 Å². The maximum absolute atomic E-state index is 13.8. The van der Waals surface area contributed by atoms with Crippen LogP contribution >= 0.6 is 12.4 Å². The number of halogens is 2. The summed E-state index contributed by atoms with van der Waals surface area (Å²) in [7, 11) is 0. The van der Waals surface area contributed by atoms with E-state index >= 15 is 0 Å². The molecular weight excluding hydrogens is 289 g/mol. The molecule has 1 aromatic carbocycles. The van der Waals surface area contributed by atoms with Crippen LogP contribution in [0.15, 0.2) is 18.2 Å². The van der Waals surface area contributed by atoms with Gasteiger partial charge in [-0.2, -0.15) is 0 Å². The summed E-state index contributed by atoms with van der Waals surface area (Å²) in [6.07, 6.45) is -2.04. The van der Waals surface area contributed by atoms with Gasteiger partial charge < -0.3 is 20.3 Å². The molecule has 0 fully saturated rings. The average Bonchev–Trinajstić information content (AvgIpc) is 2.40. The minimum Gasteiger partial charge on any atom is -0.504 e. The molecule has 0 aliphatic carbocycles. The van der Waals surface area contributed by atoms with E-state index in [9.17, 15) is 14.3 Å². The molecule has 0 heterocycles. The third-order valence-electron chi connectivity index (χ3n) is 2.52. The van der Waals surface area contributed by atoms with Crippen molar-refractivity contribution in [3.63, 3.8) is 0 Å². The van der Waals surface area contributed by atoms with Crippen molar-refractivity contribution in [2.75, 3.05) is 13.2 Å². The van der Waals surface area contributed by atoms with Crippen LogP contribution in [0.1, 0.15) is 25.5 Å². The molecule has 1 rings (SSSR count). The second kappa shape index (κ2) is 8.60. The Morgan fingerprint density at radius 3 is 2.60 bits per heavy atom. The Morgan fingerprint density at radius 2 is 2.05 bits per heavy atom. The number of ether oxygens (including phenoxy) is 2. The van der Waals surface area contributed by atoms with Crippen LogP contribution in [0.4, 0.5) is 4.39 Å². The molecule has 114 valence electrons. The monoisotopic (exact) mass is 307 g/mol. The van der Waals surface area contributed by atoms with Gasteiger partial charge in [0, 0.05) is 5.56 Å². The second-order valence-electron chi connectivity index (χ2n) is 3.81. The van der Waals surface area contributed by atoms with E-state index in [2.05, 4.69) is 4.74 Å². The molecule has 0 aliphatic heterocycles. The zero-order chi connectivity index (χ0) is 14.4. The summed E-state index contributed by atoms with van der Waals surface area (Å²) >= 11 is 0. The number of esters is 1. The van der Waals surface area contributed by atoms with E-state index in [0.717, 1.165) is 0 Å². The van der Waals surface area contributed by atoms with Gasteiger partial charge in [0.15, 0.2) is 11.5 Å². The molecule has 0 saturated heterocycles. The number of alkyl halides is 1. The number of nitrogens with two attached hydrogens (primary N) is 1. The lowest BCUT2D eigenvalue weighted by Gasteiger charge is -2.18. The molecule has 0 aliphatic rings. The van der Waals surface area contributed by atoms with Crippen LogP contribution < -0.4 is 10.5 Å². The van der Waals surface area contributed by atoms with Gasteiger partial charge in [0.25, 0.3) is 0 Å². The number of rotatable bonds is 6. The van der Waals surface area contributed by atoms with Gasteiger partial charge in [-0.25, -0.2) is 9.18 Å². The molecule has 7 heteroatoms. The number of phenolic OH excluding ortho intramolecular Hbond substituents is 1. The number of carbonyl (C=O) groups excluding carboxylic acids is 1. The fourth-order valence-corrected chi connectivity index (χ4v) is 1.61. The van der Waals surface area contributed by atoms with Gasteiger partial charge in [-0.05, 0) is 19.9 Å². The van der Waals surface area contributed by atoms with Crippen molar-refractivity contribution < 1.29 is 23.8 Å². The number of benzene rings is 1. The van der Waals surface area contributed by atoms with Crippen molar-refractivity contribution in [1.82, 2.24) is 0 Å². The average molecular weight is 308 g/mol. The molecule has 1 unspecified atom stereocenters. The van der Waals surface area contributed by atoms with Gasteiger partial charge in [-0.1, -0.05) is 12.1 Å². The summed E-state index contributed by atoms with van der Waals surface area (Å²) < 4.78 is 23.5. The third-order valence-corrected chi connectivity index (χ3v) is 2.52. The predicted molar refractivity (Wildman–Crippen MR) is 75.0 cm³/mol. The number of hydrogen-bond acceptors (Lipinski definition) is 5. The Bertz CT molecular complexity index is 444. The molecule has 0 aromatic heterocycles. The first-order valence-electron chi connectivity index (χ1n) is 6.03. The van der Waals surface area contributed by atoms with Crippen molar-refractivity contribution >= 4 is 18.4 Å². The Morgan fingerprint density at radius 1 is 1.40 bits per heavy atom. The highest BCUT2D eigenvalue weighted by Crippen LogP contribution is 2.34. The van der Waals surface area contributed by atoms with Gasteiger partial charge in [-0.3, -0.25) is 0 Å². The third kappa shape index (κ3) is 4.25. The van der Waals surface area contributed by atoms with Crippen molar-refractivity contribution in [2.45, 2.75) is 26.1 Å². The van der Waals surface area contributed by atoms with Gasteiger partial charge in [0.2, 0.25) is 6.17 Å². The van der Waals surface area contributed by atoms with Gasteiger partial charge in [0.05, 0.1) is 19.3 Å². The number of carbonyl (C=O) groups is 1. The largest absolute Gasteiger partial charge is 0.504 e. The van der Waals surface area contributed by atoms with Crippen LogP contribution in [-0.2, 0) is 9.53 Å². The Kier molecular flexibility index (Phi) is 7.94. The quantitative estimate of drug-likeness (QED) is 0.787. The summed E-state index contributed by atoms with van der Waals surface area (Å²) in [5.41, 5.74) is 5.75. The molecule has 2 atom stereocenters. The van der Waals surface area contributed by atoms with Crippen molar-refractivity contribution in [2.24, 2.45) is 5.73 Å². The van der Waals surface area contributed by atoms with Crippen LogP contribution in [0.25, 0.3) is 0 Å². The summed E-state index contributed by atoms with van der Waals surface area (Å²) in [6.45, 7) is 3.74. The van der Waals surface area contributed by atoms with Gasteiger partial charge in [-0.15, -0.1) is 12.4 Å². The fraction of sp³-hybridized carbons (Fsp3) is 0.462. The number of phenols is 1. The zero-order valence-corrected chi connectivity index (χ0v) is 12.2. The first-order chi connectivity index (χ1) is 9.02. The summed E-state index contributed by atoms with van der Waals surface area (Å²) in [5.74, 6) is -1.11. The maximum Gasteiger partial charge on any atom is 0.342 e. The Balaban J connectivity index is 0.00000361. The lowest BCUT2D eigenvalue weighted by Crippen LogP contribution is -2.31. The minimum atomic E-state index is -2.04. The molecule has 0 saturated carbocycles. The predicted octanol–water partition coefficient (Wildman–Crippen LogP) is 2.11. The molecule has 0 spiro atoms. The highest BCUT2D eigenvalue weighted by molar-refractivity contribution is 5.85. The van der Waals surface area contributed by atoms with Gasteiger partial charge >= 0.3 is 5.97 Å². The summed E-state index contributed by atoms with van der Waals surface area (Å²) in [6, 6.07) is 3.23. The van der Waals surface area contributed by atoms with Crippen LogP contribution in [0, 0.1) is 0 Å². The van der Waals surface area contributed by atoms with Crippen molar-refractivity contribution in [3.8, 4) is 11.5 Å². The van der Waals surface area contributed by atoms with E-state index in [0.29, 0.717) is 6.61 Å². The second-order valence-corrected chi connectivity index (χ2v) is 3.81. The minimum absolute atomic E-state index is 0. The standard InChI is InChI=1S/C13H18FNO4.ClH/c1-3-18-9-7-5-6-8(12(9)16)11(15)10(14)13(17)19-4-2;/h5-7,10-11,16H,3-4,15H2,1-2H3;1H/t10?,11-;/m1./s1. The highest BCUT2D eigenvalue weighted by atomic mass is 35.5. The molecule has 20 heavy (non-hydrogen) atoms.